The molecule has 3 aromatic rings. The summed E-state index contributed by atoms with van der Waals surface area (Å²) in [5.74, 6) is 1.01. The second-order valence-corrected chi connectivity index (χ2v) is 7.67. The van der Waals surface area contributed by atoms with Gasteiger partial charge in [0, 0.05) is 37.3 Å². The second kappa shape index (κ2) is 6.11. The van der Waals surface area contributed by atoms with Crippen LogP contribution >= 0.6 is 0 Å². The van der Waals surface area contributed by atoms with Crippen LogP contribution in [0.25, 0.3) is 22.4 Å². The summed E-state index contributed by atoms with van der Waals surface area (Å²) in [6.45, 7) is 9.74. The summed E-state index contributed by atoms with van der Waals surface area (Å²) in [6, 6.07) is 10.5. The average molecular weight is 336 g/mol. The van der Waals surface area contributed by atoms with Gasteiger partial charge >= 0.3 is 0 Å². The lowest BCUT2D eigenvalue weighted by molar-refractivity contribution is 0.253. The largest absolute Gasteiger partial charge is 0.354 e. The van der Waals surface area contributed by atoms with Gasteiger partial charge in [-0.15, -0.1) is 0 Å². The predicted molar refractivity (Wildman–Crippen MR) is 101 cm³/mol. The normalized spacial score (nSPS) is 18.7. The number of rotatable bonds is 2. The summed E-state index contributed by atoms with van der Waals surface area (Å²) in [4.78, 5) is 11.6. The third-order valence-corrected chi connectivity index (χ3v) is 4.86. The van der Waals surface area contributed by atoms with Crippen molar-refractivity contribution in [1.29, 1.82) is 0 Å². The van der Waals surface area contributed by atoms with Crippen LogP contribution in [0.2, 0.25) is 0 Å². The highest BCUT2D eigenvalue weighted by molar-refractivity contribution is 5.89. The van der Waals surface area contributed by atoms with Gasteiger partial charge in [0.1, 0.15) is 11.5 Å². The topological polar surface area (TPSA) is 69.7 Å². The van der Waals surface area contributed by atoms with Crippen molar-refractivity contribution >= 4 is 16.9 Å². The molecule has 4 heterocycles. The van der Waals surface area contributed by atoms with Gasteiger partial charge in [0.05, 0.1) is 5.69 Å². The highest BCUT2D eigenvalue weighted by Gasteiger charge is 2.29. The zero-order chi connectivity index (χ0) is 17.4. The molecule has 4 rings (SSSR count). The number of hydrogen-bond acceptors (Lipinski definition) is 5. The minimum atomic E-state index is 0.223. The van der Waals surface area contributed by atoms with Crippen molar-refractivity contribution in [1.82, 2.24) is 25.5 Å². The lowest BCUT2D eigenvalue weighted by atomic mass is 9.85. The third kappa shape index (κ3) is 3.09. The van der Waals surface area contributed by atoms with E-state index in [0.717, 1.165) is 47.9 Å². The second-order valence-electron chi connectivity index (χ2n) is 7.67. The molecule has 6 nitrogen and oxygen atoms in total. The molecule has 1 aliphatic rings. The molecule has 130 valence electrons. The molecule has 1 atom stereocenters. The Morgan fingerprint density at radius 2 is 2.04 bits per heavy atom. The first kappa shape index (κ1) is 16.0. The SMILES string of the molecule is CC(C)(C)[C@H]1CN(c2cccc(-c3n[nH]c4ncccc34)n2)CCN1. The van der Waals surface area contributed by atoms with Gasteiger partial charge in [0.2, 0.25) is 0 Å². The molecular formula is C19H24N6. The van der Waals surface area contributed by atoms with E-state index in [4.69, 9.17) is 4.98 Å². The van der Waals surface area contributed by atoms with Crippen molar-refractivity contribution in [3.05, 3.63) is 36.5 Å². The fraction of sp³-hybridized carbons (Fsp3) is 0.421. The average Bonchev–Trinajstić information content (AvgIpc) is 3.05. The molecule has 0 radical (unpaired) electrons. The quantitative estimate of drug-likeness (QED) is 0.753. The maximum atomic E-state index is 4.89. The highest BCUT2D eigenvalue weighted by atomic mass is 15.2. The van der Waals surface area contributed by atoms with E-state index in [2.05, 4.69) is 58.3 Å². The number of hydrogen-bond donors (Lipinski definition) is 2. The van der Waals surface area contributed by atoms with Crippen molar-refractivity contribution in [3.63, 3.8) is 0 Å². The standard InChI is InChI=1S/C19H24N6/c1-19(2,3)15-12-25(11-10-20-15)16-8-4-7-14(22-16)17-13-6-5-9-21-18(13)24-23-17/h4-9,15,20H,10-12H2,1-3H3,(H,21,23,24)/t15-/m1/s1. The van der Waals surface area contributed by atoms with E-state index in [-0.39, 0.29) is 5.41 Å². The fourth-order valence-electron chi connectivity index (χ4n) is 3.32. The van der Waals surface area contributed by atoms with E-state index in [1.807, 2.05) is 18.2 Å². The Hall–Kier alpha value is -2.47. The first-order chi connectivity index (χ1) is 12.0. The Kier molecular flexibility index (Phi) is 3.92. The van der Waals surface area contributed by atoms with Crippen LogP contribution in [0.5, 0.6) is 0 Å². The molecule has 2 N–H and O–H groups in total. The Morgan fingerprint density at radius 1 is 1.16 bits per heavy atom. The molecule has 1 aliphatic heterocycles. The van der Waals surface area contributed by atoms with Gasteiger partial charge in [-0.3, -0.25) is 5.10 Å². The number of piperazine rings is 1. The van der Waals surface area contributed by atoms with Crippen LogP contribution in [0.4, 0.5) is 5.82 Å². The lowest BCUT2D eigenvalue weighted by Gasteiger charge is -2.41. The lowest BCUT2D eigenvalue weighted by Crippen LogP contribution is -2.56. The first-order valence-corrected chi connectivity index (χ1v) is 8.77. The Balaban J connectivity index is 1.66. The molecule has 0 aliphatic carbocycles. The number of nitrogens with one attached hydrogen (secondary N) is 2. The number of pyridine rings is 2. The highest BCUT2D eigenvalue weighted by Crippen LogP contribution is 2.27. The monoisotopic (exact) mass is 336 g/mol. The molecule has 0 amide bonds. The van der Waals surface area contributed by atoms with Crippen molar-refractivity contribution in [2.45, 2.75) is 26.8 Å². The number of fused-ring (bicyclic) bond motifs is 1. The van der Waals surface area contributed by atoms with E-state index < -0.39 is 0 Å². The van der Waals surface area contributed by atoms with Crippen LogP contribution in [0.3, 0.4) is 0 Å². The maximum absolute atomic E-state index is 4.89. The number of nitrogens with zero attached hydrogens (tertiary/aromatic N) is 4. The summed E-state index contributed by atoms with van der Waals surface area (Å²) in [5.41, 5.74) is 2.75. The summed E-state index contributed by atoms with van der Waals surface area (Å²) < 4.78 is 0. The van der Waals surface area contributed by atoms with E-state index >= 15 is 0 Å². The van der Waals surface area contributed by atoms with Crippen molar-refractivity contribution in [2.24, 2.45) is 5.41 Å². The molecule has 1 fully saturated rings. The predicted octanol–water partition coefficient (Wildman–Crippen LogP) is 2.84. The van der Waals surface area contributed by atoms with E-state index in [9.17, 15) is 0 Å². The molecule has 0 aromatic carbocycles. The molecule has 0 unspecified atom stereocenters. The van der Waals surface area contributed by atoms with Gasteiger partial charge in [-0.05, 0) is 29.7 Å². The molecule has 0 bridgehead atoms. The summed E-state index contributed by atoms with van der Waals surface area (Å²) >= 11 is 0. The molecule has 0 saturated carbocycles. The molecule has 3 aromatic heterocycles. The van der Waals surface area contributed by atoms with Gasteiger partial charge in [-0.25, -0.2) is 9.97 Å². The van der Waals surface area contributed by atoms with Crippen LogP contribution in [0.1, 0.15) is 20.8 Å². The van der Waals surface area contributed by atoms with Crippen LogP contribution < -0.4 is 10.2 Å². The maximum Gasteiger partial charge on any atom is 0.155 e. The van der Waals surface area contributed by atoms with Crippen molar-refractivity contribution in [3.8, 4) is 11.4 Å². The van der Waals surface area contributed by atoms with Crippen molar-refractivity contribution < 1.29 is 0 Å². The van der Waals surface area contributed by atoms with Crippen LogP contribution in [0.15, 0.2) is 36.5 Å². The number of anilines is 1. The molecule has 1 saturated heterocycles. The summed E-state index contributed by atoms with van der Waals surface area (Å²) in [7, 11) is 0. The number of aromatic nitrogens is 4. The van der Waals surface area contributed by atoms with Gasteiger partial charge in [-0.1, -0.05) is 26.8 Å². The fourth-order valence-corrected chi connectivity index (χ4v) is 3.32. The van der Waals surface area contributed by atoms with E-state index in [1.54, 1.807) is 6.20 Å². The number of H-pyrrole nitrogens is 1. The molecular weight excluding hydrogens is 312 g/mol. The van der Waals surface area contributed by atoms with Crippen LogP contribution in [0, 0.1) is 5.41 Å². The minimum absolute atomic E-state index is 0.223. The minimum Gasteiger partial charge on any atom is -0.354 e. The van der Waals surface area contributed by atoms with E-state index in [1.165, 1.54) is 0 Å². The van der Waals surface area contributed by atoms with Crippen molar-refractivity contribution in [2.75, 3.05) is 24.5 Å². The van der Waals surface area contributed by atoms with Gasteiger partial charge in [0.15, 0.2) is 5.65 Å². The molecule has 6 heteroatoms. The van der Waals surface area contributed by atoms with Crippen LogP contribution in [-0.2, 0) is 0 Å². The smallest absolute Gasteiger partial charge is 0.155 e. The number of aromatic amines is 1. The van der Waals surface area contributed by atoms with Gasteiger partial charge < -0.3 is 10.2 Å². The summed E-state index contributed by atoms with van der Waals surface area (Å²) in [6.07, 6.45) is 1.77. The third-order valence-electron chi connectivity index (χ3n) is 4.86. The first-order valence-electron chi connectivity index (χ1n) is 8.77. The zero-order valence-electron chi connectivity index (χ0n) is 15.0. The van der Waals surface area contributed by atoms with E-state index in [0.29, 0.717) is 6.04 Å². The molecule has 0 spiro atoms. The Bertz CT molecular complexity index is 879. The van der Waals surface area contributed by atoms with Gasteiger partial charge in [-0.2, -0.15) is 5.10 Å². The zero-order valence-corrected chi connectivity index (χ0v) is 15.0. The Labute approximate surface area is 147 Å². The summed E-state index contributed by atoms with van der Waals surface area (Å²) in [5, 5.41) is 12.0. The molecule has 25 heavy (non-hydrogen) atoms. The van der Waals surface area contributed by atoms with Gasteiger partial charge in [0.25, 0.3) is 0 Å². The van der Waals surface area contributed by atoms with Crippen LogP contribution in [-0.4, -0.2) is 45.8 Å². The Morgan fingerprint density at radius 3 is 2.88 bits per heavy atom.